The summed E-state index contributed by atoms with van der Waals surface area (Å²) in [6, 6.07) is 7.38. The Morgan fingerprint density at radius 1 is 1.27 bits per heavy atom. The average molecular weight is 348 g/mol. The number of hydrogen-bond acceptors (Lipinski definition) is 6. The summed E-state index contributed by atoms with van der Waals surface area (Å²) in [5.41, 5.74) is 1.80. The maximum absolute atomic E-state index is 13.0. The zero-order valence-corrected chi connectivity index (χ0v) is 13.9. The minimum absolute atomic E-state index is 0.120. The van der Waals surface area contributed by atoms with E-state index in [0.29, 0.717) is 17.4 Å². The lowest BCUT2D eigenvalue weighted by Gasteiger charge is -2.35. The quantitative estimate of drug-likeness (QED) is 0.766. The molecule has 0 aromatic carbocycles. The second-order valence-corrected chi connectivity index (χ2v) is 6.33. The van der Waals surface area contributed by atoms with Gasteiger partial charge in [-0.25, -0.2) is 19.7 Å². The molecule has 0 saturated carbocycles. The van der Waals surface area contributed by atoms with Crippen molar-refractivity contribution in [1.29, 1.82) is 0 Å². The number of nitrogens with one attached hydrogen (secondary N) is 1. The summed E-state index contributed by atoms with van der Waals surface area (Å²) in [5.74, 6) is 1.78. The van der Waals surface area contributed by atoms with Gasteiger partial charge in [-0.15, -0.1) is 0 Å². The standard InChI is InChI=1S/C18H16N6O2/c25-18(22-16-8-12(3-6-20-16)15-9-19-11-26-15)24-13-4-7-23(10-13)14-2-1-5-21-17(14)24/h1-3,5-6,8-9,11,13H,4,7,10H2,(H,20,22,25). The molecule has 3 aromatic heterocycles. The number of nitrogens with zero attached hydrogens (tertiary/aromatic N) is 5. The fraction of sp³-hybridized carbons (Fsp3) is 0.222. The Morgan fingerprint density at radius 3 is 3.12 bits per heavy atom. The molecule has 1 unspecified atom stereocenters. The van der Waals surface area contributed by atoms with E-state index in [9.17, 15) is 4.79 Å². The van der Waals surface area contributed by atoms with Gasteiger partial charge in [-0.1, -0.05) is 0 Å². The molecule has 5 heterocycles. The first-order valence-corrected chi connectivity index (χ1v) is 8.45. The van der Waals surface area contributed by atoms with E-state index in [2.05, 4.69) is 25.2 Å². The van der Waals surface area contributed by atoms with E-state index in [1.807, 2.05) is 18.2 Å². The lowest BCUT2D eigenvalue weighted by Crippen LogP contribution is -2.48. The molecular formula is C18H16N6O2. The van der Waals surface area contributed by atoms with Gasteiger partial charge in [0.15, 0.2) is 18.0 Å². The molecule has 1 N–H and O–H groups in total. The molecule has 0 radical (unpaired) electrons. The van der Waals surface area contributed by atoms with Gasteiger partial charge in [0.1, 0.15) is 5.82 Å². The molecular weight excluding hydrogens is 332 g/mol. The number of carbonyl (C=O) groups excluding carboxylic acids is 1. The number of oxazole rings is 1. The Kier molecular flexibility index (Phi) is 3.34. The van der Waals surface area contributed by atoms with Crippen molar-refractivity contribution in [2.45, 2.75) is 12.5 Å². The summed E-state index contributed by atoms with van der Waals surface area (Å²) >= 11 is 0. The molecule has 26 heavy (non-hydrogen) atoms. The molecule has 8 nitrogen and oxygen atoms in total. The Bertz CT molecular complexity index is 958. The maximum Gasteiger partial charge on any atom is 0.329 e. The highest BCUT2D eigenvalue weighted by molar-refractivity contribution is 6.04. The summed E-state index contributed by atoms with van der Waals surface area (Å²) in [6.45, 7) is 1.77. The molecule has 2 bridgehead atoms. The number of aromatic nitrogens is 3. The number of rotatable bonds is 2. The van der Waals surface area contributed by atoms with Crippen LogP contribution < -0.4 is 15.1 Å². The van der Waals surface area contributed by atoms with E-state index in [4.69, 9.17) is 4.42 Å². The number of carbonyl (C=O) groups is 1. The third kappa shape index (κ3) is 2.38. The van der Waals surface area contributed by atoms with Crippen LogP contribution in [0.25, 0.3) is 11.3 Å². The van der Waals surface area contributed by atoms with Crippen molar-refractivity contribution in [3.63, 3.8) is 0 Å². The Labute approximate surface area is 149 Å². The molecule has 8 heteroatoms. The van der Waals surface area contributed by atoms with Crippen molar-refractivity contribution in [1.82, 2.24) is 15.0 Å². The molecule has 1 saturated heterocycles. The Morgan fingerprint density at radius 2 is 2.23 bits per heavy atom. The van der Waals surface area contributed by atoms with Crippen LogP contribution in [0.2, 0.25) is 0 Å². The van der Waals surface area contributed by atoms with Crippen molar-refractivity contribution >= 4 is 23.4 Å². The van der Waals surface area contributed by atoms with Gasteiger partial charge in [0.05, 0.1) is 17.9 Å². The van der Waals surface area contributed by atoms with E-state index < -0.39 is 0 Å². The molecule has 0 aliphatic carbocycles. The molecule has 5 rings (SSSR count). The van der Waals surface area contributed by atoms with Crippen molar-refractivity contribution in [3.8, 4) is 11.3 Å². The summed E-state index contributed by atoms with van der Waals surface area (Å²) in [4.78, 5) is 29.6. The SMILES string of the molecule is O=C(Nc1cc(-c2cnco2)ccn1)N1c2ncccc2N2CCC1C2. The van der Waals surface area contributed by atoms with Gasteiger partial charge in [0.2, 0.25) is 0 Å². The van der Waals surface area contributed by atoms with Gasteiger partial charge in [-0.2, -0.15) is 0 Å². The lowest BCUT2D eigenvalue weighted by atomic mass is 10.2. The summed E-state index contributed by atoms with van der Waals surface area (Å²) in [7, 11) is 0. The summed E-state index contributed by atoms with van der Waals surface area (Å²) in [6.07, 6.45) is 7.27. The van der Waals surface area contributed by atoms with Crippen molar-refractivity contribution in [2.75, 3.05) is 28.2 Å². The molecule has 130 valence electrons. The van der Waals surface area contributed by atoms with E-state index in [1.54, 1.807) is 29.6 Å². The molecule has 1 atom stereocenters. The normalized spacial score (nSPS) is 17.9. The lowest BCUT2D eigenvalue weighted by molar-refractivity contribution is 0.254. The van der Waals surface area contributed by atoms with Gasteiger partial charge in [-0.05, 0) is 30.7 Å². The second-order valence-electron chi connectivity index (χ2n) is 6.33. The largest absolute Gasteiger partial charge is 0.444 e. The Balaban J connectivity index is 1.44. The van der Waals surface area contributed by atoms with Crippen LogP contribution in [-0.2, 0) is 0 Å². The smallest absolute Gasteiger partial charge is 0.329 e. The van der Waals surface area contributed by atoms with Crippen molar-refractivity contribution in [3.05, 3.63) is 49.2 Å². The summed E-state index contributed by atoms with van der Waals surface area (Å²) in [5, 5.41) is 2.89. The first-order chi connectivity index (χ1) is 12.8. The minimum Gasteiger partial charge on any atom is -0.444 e. The zero-order chi connectivity index (χ0) is 17.5. The topological polar surface area (TPSA) is 87.4 Å². The highest BCUT2D eigenvalue weighted by Crippen LogP contribution is 2.38. The number of pyridine rings is 2. The van der Waals surface area contributed by atoms with Gasteiger partial charge in [-0.3, -0.25) is 10.2 Å². The predicted octanol–water partition coefficient (Wildman–Crippen LogP) is 2.76. The fourth-order valence-electron chi connectivity index (χ4n) is 3.61. The number of anilines is 3. The van der Waals surface area contributed by atoms with Gasteiger partial charge < -0.3 is 9.32 Å². The van der Waals surface area contributed by atoms with Crippen LogP contribution in [-0.4, -0.2) is 40.1 Å². The molecule has 1 fully saturated rings. The van der Waals surface area contributed by atoms with Crippen LogP contribution in [0.1, 0.15) is 6.42 Å². The van der Waals surface area contributed by atoms with Crippen LogP contribution in [0, 0.1) is 0 Å². The van der Waals surface area contributed by atoms with Gasteiger partial charge >= 0.3 is 6.03 Å². The first kappa shape index (κ1) is 14.9. The summed E-state index contributed by atoms with van der Waals surface area (Å²) < 4.78 is 5.30. The third-order valence-corrected chi connectivity index (χ3v) is 4.79. The van der Waals surface area contributed by atoms with Crippen LogP contribution in [0.5, 0.6) is 0 Å². The number of urea groups is 1. The van der Waals surface area contributed by atoms with E-state index in [-0.39, 0.29) is 12.1 Å². The van der Waals surface area contributed by atoms with Crippen LogP contribution >= 0.6 is 0 Å². The van der Waals surface area contributed by atoms with Gasteiger partial charge in [0.25, 0.3) is 0 Å². The highest BCUT2D eigenvalue weighted by atomic mass is 16.3. The first-order valence-electron chi connectivity index (χ1n) is 8.45. The molecule has 3 aromatic rings. The van der Waals surface area contributed by atoms with E-state index >= 15 is 0 Å². The average Bonchev–Trinajstić information content (AvgIpc) is 3.33. The number of hydrogen-bond donors (Lipinski definition) is 1. The van der Waals surface area contributed by atoms with E-state index in [1.165, 1.54) is 6.39 Å². The number of amides is 2. The fourth-order valence-corrected chi connectivity index (χ4v) is 3.61. The molecule has 2 aliphatic heterocycles. The monoisotopic (exact) mass is 348 g/mol. The molecule has 0 spiro atoms. The zero-order valence-electron chi connectivity index (χ0n) is 13.9. The molecule has 2 aliphatic rings. The van der Waals surface area contributed by atoms with Crippen molar-refractivity contribution < 1.29 is 9.21 Å². The maximum atomic E-state index is 13.0. The minimum atomic E-state index is -0.223. The van der Waals surface area contributed by atoms with Gasteiger partial charge in [0, 0.05) is 31.0 Å². The van der Waals surface area contributed by atoms with Crippen LogP contribution in [0.3, 0.4) is 0 Å². The third-order valence-electron chi connectivity index (χ3n) is 4.79. The van der Waals surface area contributed by atoms with Crippen LogP contribution in [0.4, 0.5) is 22.1 Å². The predicted molar refractivity (Wildman–Crippen MR) is 96.1 cm³/mol. The van der Waals surface area contributed by atoms with Crippen molar-refractivity contribution in [2.24, 2.45) is 0 Å². The number of fused-ring (bicyclic) bond motifs is 4. The Hall–Kier alpha value is -3.42. The molecule has 2 amide bonds. The van der Waals surface area contributed by atoms with E-state index in [0.717, 1.165) is 30.8 Å². The van der Waals surface area contributed by atoms with Crippen LogP contribution in [0.15, 0.2) is 53.7 Å². The highest BCUT2D eigenvalue weighted by Gasteiger charge is 2.39. The second kappa shape index (κ2) is 5.83.